The van der Waals surface area contributed by atoms with Gasteiger partial charge in [0.05, 0.1) is 5.92 Å². The smallest absolute Gasteiger partial charge is 0.306 e. The Morgan fingerprint density at radius 3 is 2.62 bits per heavy atom. The molecule has 16 heavy (non-hydrogen) atoms. The molecular formula is C12H14BrClO2. The van der Waals surface area contributed by atoms with E-state index in [-0.39, 0.29) is 11.8 Å². The predicted molar refractivity (Wildman–Crippen MR) is 68.8 cm³/mol. The molecule has 1 aromatic rings. The summed E-state index contributed by atoms with van der Waals surface area (Å²) in [5.41, 5.74) is 0.991. The van der Waals surface area contributed by atoms with E-state index in [1.165, 1.54) is 0 Å². The topological polar surface area (TPSA) is 37.3 Å². The van der Waals surface area contributed by atoms with E-state index in [2.05, 4.69) is 15.9 Å². The number of hydrogen-bond donors (Lipinski definition) is 1. The van der Waals surface area contributed by atoms with Crippen LogP contribution in [0.1, 0.15) is 19.4 Å². The predicted octanol–water partition coefficient (Wildman–Crippen LogP) is 4.00. The number of carboxylic acid groups (broad SMARTS) is 1. The SMILES string of the molecule is CC(Cc1ccc(Br)cc1Cl)C(C)C(=O)O. The van der Waals surface area contributed by atoms with E-state index in [0.29, 0.717) is 11.4 Å². The fourth-order valence-electron chi connectivity index (χ4n) is 1.45. The van der Waals surface area contributed by atoms with Gasteiger partial charge in [-0.25, -0.2) is 0 Å². The summed E-state index contributed by atoms with van der Waals surface area (Å²) in [6.07, 6.45) is 0.680. The largest absolute Gasteiger partial charge is 0.481 e. The van der Waals surface area contributed by atoms with Gasteiger partial charge in [-0.05, 0) is 30.0 Å². The van der Waals surface area contributed by atoms with Crippen molar-refractivity contribution in [1.29, 1.82) is 0 Å². The van der Waals surface area contributed by atoms with E-state index < -0.39 is 5.97 Å². The third-order valence-corrected chi connectivity index (χ3v) is 3.65. The molecule has 0 aliphatic rings. The van der Waals surface area contributed by atoms with Crippen LogP contribution in [0.15, 0.2) is 22.7 Å². The molecule has 2 atom stereocenters. The van der Waals surface area contributed by atoms with Gasteiger partial charge in [0.1, 0.15) is 0 Å². The molecule has 2 nitrogen and oxygen atoms in total. The molecule has 0 fully saturated rings. The van der Waals surface area contributed by atoms with Crippen molar-refractivity contribution in [2.24, 2.45) is 11.8 Å². The number of halogens is 2. The highest BCUT2D eigenvalue weighted by molar-refractivity contribution is 9.10. The maximum absolute atomic E-state index is 10.8. The van der Waals surface area contributed by atoms with Gasteiger partial charge >= 0.3 is 5.97 Å². The van der Waals surface area contributed by atoms with Gasteiger partial charge in [0, 0.05) is 9.50 Å². The molecule has 4 heteroatoms. The van der Waals surface area contributed by atoms with Crippen molar-refractivity contribution >= 4 is 33.5 Å². The zero-order valence-electron chi connectivity index (χ0n) is 9.21. The van der Waals surface area contributed by atoms with E-state index in [9.17, 15) is 4.79 Å². The molecule has 0 saturated carbocycles. The van der Waals surface area contributed by atoms with Crippen LogP contribution in [0.3, 0.4) is 0 Å². The molecule has 0 saturated heterocycles. The van der Waals surface area contributed by atoms with Gasteiger partial charge in [-0.2, -0.15) is 0 Å². The van der Waals surface area contributed by atoms with Crippen LogP contribution < -0.4 is 0 Å². The Morgan fingerprint density at radius 2 is 2.12 bits per heavy atom. The Balaban J connectivity index is 2.77. The van der Waals surface area contributed by atoms with Crippen LogP contribution >= 0.6 is 27.5 Å². The van der Waals surface area contributed by atoms with Crippen molar-refractivity contribution in [3.63, 3.8) is 0 Å². The molecule has 0 spiro atoms. The molecule has 2 unspecified atom stereocenters. The average molecular weight is 306 g/mol. The fraction of sp³-hybridized carbons (Fsp3) is 0.417. The summed E-state index contributed by atoms with van der Waals surface area (Å²) >= 11 is 9.42. The monoisotopic (exact) mass is 304 g/mol. The van der Waals surface area contributed by atoms with Crippen molar-refractivity contribution in [3.05, 3.63) is 33.3 Å². The number of benzene rings is 1. The molecule has 0 bridgehead atoms. The standard InChI is InChI=1S/C12H14BrClO2/c1-7(8(2)12(15)16)5-9-3-4-10(13)6-11(9)14/h3-4,6-8H,5H2,1-2H3,(H,15,16). The van der Waals surface area contributed by atoms with Gasteiger partial charge < -0.3 is 5.11 Å². The van der Waals surface area contributed by atoms with Crippen molar-refractivity contribution < 1.29 is 9.90 Å². The number of carboxylic acids is 1. The maximum atomic E-state index is 10.8. The van der Waals surface area contributed by atoms with Gasteiger partial charge in [-0.15, -0.1) is 0 Å². The van der Waals surface area contributed by atoms with Crippen molar-refractivity contribution in [2.75, 3.05) is 0 Å². The van der Waals surface area contributed by atoms with Gasteiger partial charge in [-0.3, -0.25) is 4.79 Å². The second kappa shape index (κ2) is 5.69. The van der Waals surface area contributed by atoms with Gasteiger partial charge in [0.15, 0.2) is 0 Å². The molecule has 0 aliphatic carbocycles. The third-order valence-electron chi connectivity index (χ3n) is 2.80. The van der Waals surface area contributed by atoms with Crippen LogP contribution in [-0.4, -0.2) is 11.1 Å². The molecule has 0 heterocycles. The summed E-state index contributed by atoms with van der Waals surface area (Å²) in [5, 5.41) is 9.58. The lowest BCUT2D eigenvalue weighted by Gasteiger charge is -2.16. The minimum Gasteiger partial charge on any atom is -0.481 e. The lowest BCUT2D eigenvalue weighted by molar-refractivity contribution is -0.142. The number of aliphatic carboxylic acids is 1. The molecule has 0 aromatic heterocycles. The van der Waals surface area contributed by atoms with Crippen LogP contribution in [0, 0.1) is 11.8 Å². The highest BCUT2D eigenvalue weighted by atomic mass is 79.9. The molecule has 1 aromatic carbocycles. The Labute approximate surface area is 109 Å². The molecule has 0 aliphatic heterocycles. The summed E-state index contributed by atoms with van der Waals surface area (Å²) in [5.74, 6) is -1.06. The quantitative estimate of drug-likeness (QED) is 0.913. The van der Waals surface area contributed by atoms with Crippen LogP contribution in [0.5, 0.6) is 0 Å². The first kappa shape index (κ1) is 13.5. The summed E-state index contributed by atoms with van der Waals surface area (Å²) in [4.78, 5) is 10.8. The van der Waals surface area contributed by atoms with E-state index >= 15 is 0 Å². The lowest BCUT2D eigenvalue weighted by Crippen LogP contribution is -2.20. The molecule has 0 radical (unpaired) electrons. The van der Waals surface area contributed by atoms with Crippen molar-refractivity contribution in [2.45, 2.75) is 20.3 Å². The highest BCUT2D eigenvalue weighted by Crippen LogP contribution is 2.25. The first-order valence-corrected chi connectivity index (χ1v) is 6.25. The van der Waals surface area contributed by atoms with E-state index in [1.807, 2.05) is 25.1 Å². The van der Waals surface area contributed by atoms with E-state index in [4.69, 9.17) is 16.7 Å². The number of rotatable bonds is 4. The van der Waals surface area contributed by atoms with Crippen molar-refractivity contribution in [1.82, 2.24) is 0 Å². The van der Waals surface area contributed by atoms with Crippen LogP contribution in [0.25, 0.3) is 0 Å². The van der Waals surface area contributed by atoms with Gasteiger partial charge in [0.2, 0.25) is 0 Å². The zero-order chi connectivity index (χ0) is 12.3. The van der Waals surface area contributed by atoms with E-state index in [1.54, 1.807) is 6.92 Å². The van der Waals surface area contributed by atoms with E-state index in [0.717, 1.165) is 10.0 Å². The van der Waals surface area contributed by atoms with Gasteiger partial charge in [-0.1, -0.05) is 47.4 Å². The Morgan fingerprint density at radius 1 is 1.50 bits per heavy atom. The van der Waals surface area contributed by atoms with Gasteiger partial charge in [0.25, 0.3) is 0 Å². The highest BCUT2D eigenvalue weighted by Gasteiger charge is 2.20. The minimum atomic E-state index is -0.763. The molecule has 88 valence electrons. The summed E-state index contributed by atoms with van der Waals surface area (Å²) in [7, 11) is 0. The zero-order valence-corrected chi connectivity index (χ0v) is 11.5. The molecular weight excluding hydrogens is 291 g/mol. The summed E-state index contributed by atoms with van der Waals surface area (Å²) in [6.45, 7) is 3.65. The first-order chi connectivity index (χ1) is 7.41. The molecule has 1 rings (SSSR count). The third kappa shape index (κ3) is 3.49. The van der Waals surface area contributed by atoms with Crippen LogP contribution in [-0.2, 0) is 11.2 Å². The van der Waals surface area contributed by atoms with Crippen LogP contribution in [0.4, 0.5) is 0 Å². The number of hydrogen-bond acceptors (Lipinski definition) is 1. The normalized spacial score (nSPS) is 14.5. The Hall–Kier alpha value is -0.540. The average Bonchev–Trinajstić information content (AvgIpc) is 2.20. The van der Waals surface area contributed by atoms with Crippen LogP contribution in [0.2, 0.25) is 5.02 Å². The second-order valence-corrected chi connectivity index (χ2v) is 5.37. The molecule has 0 amide bonds. The Bertz CT molecular complexity index is 393. The second-order valence-electron chi connectivity index (χ2n) is 4.04. The first-order valence-electron chi connectivity index (χ1n) is 5.08. The lowest BCUT2D eigenvalue weighted by atomic mass is 9.90. The summed E-state index contributed by atoms with van der Waals surface area (Å²) < 4.78 is 0.931. The number of carbonyl (C=O) groups is 1. The Kier molecular flexibility index (Phi) is 4.81. The summed E-state index contributed by atoms with van der Waals surface area (Å²) in [6, 6.07) is 5.67. The van der Waals surface area contributed by atoms with Crippen molar-refractivity contribution in [3.8, 4) is 0 Å². The molecule has 1 N–H and O–H groups in total. The minimum absolute atomic E-state index is 0.0659. The maximum Gasteiger partial charge on any atom is 0.306 e. The fourth-order valence-corrected chi connectivity index (χ4v) is 2.20.